The van der Waals surface area contributed by atoms with E-state index in [-0.39, 0.29) is 19.1 Å². The first-order valence-electron chi connectivity index (χ1n) is 7.89. The van der Waals surface area contributed by atoms with Crippen LogP contribution in [0.3, 0.4) is 0 Å². The Morgan fingerprint density at radius 2 is 2.19 bits per heavy atom. The molecule has 1 atom stereocenters. The molecule has 0 aromatic heterocycles. The van der Waals surface area contributed by atoms with E-state index < -0.39 is 0 Å². The zero-order chi connectivity index (χ0) is 14.7. The van der Waals surface area contributed by atoms with Crippen molar-refractivity contribution in [2.45, 2.75) is 32.1 Å². The molecular weight excluding hydrogens is 266 g/mol. The third-order valence-corrected chi connectivity index (χ3v) is 4.61. The standard InChI is InChI=1S/C17H23NO3/c19-9-7-13-6-8-18(11-13)17(20)12-21-16-5-4-14-2-1-3-15(14)10-16/h4-5,10,13,19H,1-3,6-9,11-12H2. The summed E-state index contributed by atoms with van der Waals surface area (Å²) in [7, 11) is 0. The number of hydrogen-bond acceptors (Lipinski definition) is 3. The fourth-order valence-corrected chi connectivity index (χ4v) is 3.35. The third kappa shape index (κ3) is 3.38. The number of aliphatic hydroxyl groups excluding tert-OH is 1. The van der Waals surface area contributed by atoms with E-state index in [9.17, 15) is 4.79 Å². The van der Waals surface area contributed by atoms with Crippen molar-refractivity contribution in [1.82, 2.24) is 4.90 Å². The molecule has 114 valence electrons. The molecule has 1 heterocycles. The molecule has 1 aliphatic heterocycles. The smallest absolute Gasteiger partial charge is 0.260 e. The molecule has 0 spiro atoms. The van der Waals surface area contributed by atoms with E-state index in [0.29, 0.717) is 5.92 Å². The van der Waals surface area contributed by atoms with Gasteiger partial charge in [-0.3, -0.25) is 4.79 Å². The molecule has 21 heavy (non-hydrogen) atoms. The second kappa shape index (κ2) is 6.48. The molecule has 1 saturated heterocycles. The van der Waals surface area contributed by atoms with Crippen molar-refractivity contribution in [3.63, 3.8) is 0 Å². The lowest BCUT2D eigenvalue weighted by Crippen LogP contribution is -2.33. The molecule has 0 bridgehead atoms. The van der Waals surface area contributed by atoms with Crippen molar-refractivity contribution in [2.24, 2.45) is 5.92 Å². The average Bonchev–Trinajstić information content (AvgIpc) is 3.13. The van der Waals surface area contributed by atoms with Gasteiger partial charge in [0.2, 0.25) is 0 Å². The summed E-state index contributed by atoms with van der Waals surface area (Å²) in [6.45, 7) is 1.87. The number of carbonyl (C=O) groups excluding carboxylic acids is 1. The van der Waals surface area contributed by atoms with Gasteiger partial charge in [0.1, 0.15) is 5.75 Å². The molecule has 0 radical (unpaired) electrons. The Morgan fingerprint density at radius 1 is 1.33 bits per heavy atom. The van der Waals surface area contributed by atoms with Crippen LogP contribution in [0.5, 0.6) is 5.75 Å². The van der Waals surface area contributed by atoms with Crippen LogP contribution in [0.2, 0.25) is 0 Å². The minimum atomic E-state index is 0.0518. The van der Waals surface area contributed by atoms with E-state index in [1.165, 1.54) is 17.5 Å². The highest BCUT2D eigenvalue weighted by atomic mass is 16.5. The Morgan fingerprint density at radius 3 is 3.05 bits per heavy atom. The fraction of sp³-hybridized carbons (Fsp3) is 0.588. The minimum Gasteiger partial charge on any atom is -0.484 e. The van der Waals surface area contributed by atoms with E-state index >= 15 is 0 Å². The van der Waals surface area contributed by atoms with E-state index in [1.807, 2.05) is 11.0 Å². The summed E-state index contributed by atoms with van der Waals surface area (Å²) in [4.78, 5) is 14.0. The number of rotatable bonds is 5. The minimum absolute atomic E-state index is 0.0518. The second-order valence-electron chi connectivity index (χ2n) is 6.08. The first-order chi connectivity index (χ1) is 10.3. The van der Waals surface area contributed by atoms with Gasteiger partial charge in [0.05, 0.1) is 0 Å². The molecule has 3 rings (SSSR count). The van der Waals surface area contributed by atoms with Crippen molar-refractivity contribution in [1.29, 1.82) is 0 Å². The van der Waals surface area contributed by atoms with Gasteiger partial charge in [0, 0.05) is 19.7 Å². The van der Waals surface area contributed by atoms with E-state index in [2.05, 4.69) is 12.1 Å². The van der Waals surface area contributed by atoms with Gasteiger partial charge >= 0.3 is 0 Å². The van der Waals surface area contributed by atoms with Crippen LogP contribution in [-0.2, 0) is 17.6 Å². The van der Waals surface area contributed by atoms with Gasteiger partial charge < -0.3 is 14.7 Å². The van der Waals surface area contributed by atoms with Gasteiger partial charge in [0.25, 0.3) is 5.91 Å². The Kier molecular flexibility index (Phi) is 4.44. The van der Waals surface area contributed by atoms with Gasteiger partial charge in [-0.15, -0.1) is 0 Å². The summed E-state index contributed by atoms with van der Waals surface area (Å²) in [6.07, 6.45) is 5.28. The second-order valence-corrected chi connectivity index (χ2v) is 6.08. The highest BCUT2D eigenvalue weighted by Crippen LogP contribution is 2.26. The molecule has 1 aromatic rings. The monoisotopic (exact) mass is 289 g/mol. The summed E-state index contributed by atoms with van der Waals surface area (Å²) >= 11 is 0. The van der Waals surface area contributed by atoms with E-state index in [1.54, 1.807) is 0 Å². The summed E-state index contributed by atoms with van der Waals surface area (Å²) in [6, 6.07) is 6.17. The Labute approximate surface area is 125 Å². The predicted molar refractivity (Wildman–Crippen MR) is 80.4 cm³/mol. The maximum Gasteiger partial charge on any atom is 0.260 e. The first-order valence-corrected chi connectivity index (χ1v) is 7.89. The van der Waals surface area contributed by atoms with Crippen molar-refractivity contribution < 1.29 is 14.6 Å². The van der Waals surface area contributed by atoms with Crippen LogP contribution in [0, 0.1) is 5.92 Å². The molecule has 2 aliphatic rings. The lowest BCUT2D eigenvalue weighted by Gasteiger charge is -2.17. The van der Waals surface area contributed by atoms with Crippen molar-refractivity contribution >= 4 is 5.91 Å². The lowest BCUT2D eigenvalue weighted by molar-refractivity contribution is -0.132. The zero-order valence-corrected chi connectivity index (χ0v) is 12.4. The zero-order valence-electron chi connectivity index (χ0n) is 12.4. The molecule has 1 aliphatic carbocycles. The highest BCUT2D eigenvalue weighted by Gasteiger charge is 2.25. The first kappa shape index (κ1) is 14.4. The number of likely N-dealkylation sites (tertiary alicyclic amines) is 1. The van der Waals surface area contributed by atoms with Gasteiger partial charge in [-0.25, -0.2) is 0 Å². The lowest BCUT2D eigenvalue weighted by atomic mass is 10.1. The normalized spacial score (nSPS) is 20.6. The largest absolute Gasteiger partial charge is 0.484 e. The molecule has 1 unspecified atom stereocenters. The van der Waals surface area contributed by atoms with Gasteiger partial charge in [-0.05, 0) is 61.3 Å². The predicted octanol–water partition coefficient (Wildman–Crippen LogP) is 1.78. The number of ether oxygens (including phenoxy) is 1. The number of fused-ring (bicyclic) bond motifs is 1. The number of nitrogens with zero attached hydrogens (tertiary/aromatic N) is 1. The van der Waals surface area contributed by atoms with Crippen molar-refractivity contribution in [2.75, 3.05) is 26.3 Å². The topological polar surface area (TPSA) is 49.8 Å². The van der Waals surface area contributed by atoms with Crippen LogP contribution >= 0.6 is 0 Å². The van der Waals surface area contributed by atoms with E-state index in [4.69, 9.17) is 9.84 Å². The Balaban J connectivity index is 1.50. The van der Waals surface area contributed by atoms with Gasteiger partial charge in [0.15, 0.2) is 6.61 Å². The van der Waals surface area contributed by atoms with Crippen molar-refractivity contribution in [3.05, 3.63) is 29.3 Å². The number of amides is 1. The number of hydrogen-bond donors (Lipinski definition) is 1. The number of aryl methyl sites for hydroxylation is 2. The Hall–Kier alpha value is -1.55. The molecular formula is C17H23NO3. The van der Waals surface area contributed by atoms with Gasteiger partial charge in [-0.2, -0.15) is 0 Å². The molecule has 0 saturated carbocycles. The van der Waals surface area contributed by atoms with E-state index in [0.717, 1.165) is 44.5 Å². The summed E-state index contributed by atoms with van der Waals surface area (Å²) < 4.78 is 5.66. The summed E-state index contributed by atoms with van der Waals surface area (Å²) in [5, 5.41) is 8.95. The molecule has 1 aromatic carbocycles. The van der Waals surface area contributed by atoms with Crippen molar-refractivity contribution in [3.8, 4) is 5.75 Å². The van der Waals surface area contributed by atoms with Crippen LogP contribution in [0.15, 0.2) is 18.2 Å². The number of carbonyl (C=O) groups is 1. The number of aliphatic hydroxyl groups is 1. The highest BCUT2D eigenvalue weighted by molar-refractivity contribution is 5.78. The molecule has 4 heteroatoms. The molecule has 1 N–H and O–H groups in total. The quantitative estimate of drug-likeness (QED) is 0.899. The van der Waals surface area contributed by atoms with Crippen LogP contribution in [-0.4, -0.2) is 42.2 Å². The fourth-order valence-electron chi connectivity index (χ4n) is 3.35. The van der Waals surface area contributed by atoms with Crippen LogP contribution in [0.25, 0.3) is 0 Å². The SMILES string of the molecule is O=C(COc1ccc2c(c1)CCC2)N1CCC(CCO)C1. The maximum absolute atomic E-state index is 12.1. The summed E-state index contributed by atoms with van der Waals surface area (Å²) in [5.41, 5.74) is 2.78. The van der Waals surface area contributed by atoms with Crippen LogP contribution in [0.1, 0.15) is 30.4 Å². The van der Waals surface area contributed by atoms with Gasteiger partial charge in [-0.1, -0.05) is 6.07 Å². The number of benzene rings is 1. The molecule has 4 nitrogen and oxygen atoms in total. The summed E-state index contributed by atoms with van der Waals surface area (Å²) in [5.74, 6) is 1.30. The average molecular weight is 289 g/mol. The molecule has 1 amide bonds. The van der Waals surface area contributed by atoms with Crippen LogP contribution < -0.4 is 4.74 Å². The maximum atomic E-state index is 12.1. The molecule has 1 fully saturated rings. The third-order valence-electron chi connectivity index (χ3n) is 4.61. The van der Waals surface area contributed by atoms with Crippen LogP contribution in [0.4, 0.5) is 0 Å². The Bertz CT molecular complexity index is 515.